The second-order valence-electron chi connectivity index (χ2n) is 9.93. The van der Waals surface area contributed by atoms with Crippen LogP contribution in [0, 0.1) is 22.2 Å². The first-order chi connectivity index (χ1) is 12.6. The third kappa shape index (κ3) is 4.65. The lowest BCUT2D eigenvalue weighted by molar-refractivity contribution is -0.128. The maximum Gasteiger partial charge on any atom is 0.187 e. The first-order valence-electron chi connectivity index (χ1n) is 9.86. The van der Waals surface area contributed by atoms with E-state index < -0.39 is 20.8 Å². The predicted molar refractivity (Wildman–Crippen MR) is 117 cm³/mol. The van der Waals surface area contributed by atoms with Gasteiger partial charge in [-0.25, -0.2) is 8.42 Å². The van der Waals surface area contributed by atoms with Crippen LogP contribution in [0.1, 0.15) is 54.4 Å². The first-order valence-corrected chi connectivity index (χ1v) is 14.2. The van der Waals surface area contributed by atoms with Gasteiger partial charge in [-0.15, -0.1) is 0 Å². The lowest BCUT2D eigenvalue weighted by Gasteiger charge is -2.32. The number of rotatable bonds is 3. The van der Waals surface area contributed by atoms with Crippen molar-refractivity contribution in [3.8, 4) is 0 Å². The fourth-order valence-electron chi connectivity index (χ4n) is 4.44. The van der Waals surface area contributed by atoms with Crippen LogP contribution in [0.15, 0.2) is 0 Å². The maximum absolute atomic E-state index is 12.0. The smallest absolute Gasteiger partial charge is 0.187 e. The molecule has 0 spiro atoms. The van der Waals surface area contributed by atoms with Crippen LogP contribution in [-0.2, 0) is 30.6 Å². The molecule has 0 aromatic heterocycles. The third-order valence-electron chi connectivity index (χ3n) is 6.99. The summed E-state index contributed by atoms with van der Waals surface area (Å²) in [7, 11) is -4.08. The summed E-state index contributed by atoms with van der Waals surface area (Å²) in [4.78, 5) is 23.7. The van der Waals surface area contributed by atoms with Crippen molar-refractivity contribution in [2.75, 3.05) is 28.8 Å². The highest BCUT2D eigenvalue weighted by atomic mass is 32.2. The highest BCUT2D eigenvalue weighted by molar-refractivity contribution is 8.05. The summed E-state index contributed by atoms with van der Waals surface area (Å²) in [5.41, 5.74) is -1.12. The molecular weight excluding hydrogens is 416 g/mol. The van der Waals surface area contributed by atoms with Crippen LogP contribution in [0.4, 0.5) is 0 Å². The predicted octanol–water partition coefficient (Wildman–Crippen LogP) is 2.89. The molecule has 0 radical (unpaired) electrons. The molecule has 0 aromatic carbocycles. The monoisotopic (exact) mass is 450 g/mol. The van der Waals surface area contributed by atoms with Crippen molar-refractivity contribution in [1.82, 2.24) is 0 Å². The first kappa shape index (κ1) is 24.2. The molecule has 28 heavy (non-hydrogen) atoms. The van der Waals surface area contributed by atoms with E-state index in [1.165, 1.54) is 23.0 Å². The minimum atomic E-state index is -4.49. The number of hydrogen-bond donors (Lipinski definition) is 0. The van der Waals surface area contributed by atoms with Gasteiger partial charge in [0, 0.05) is 22.3 Å². The lowest BCUT2D eigenvalue weighted by atomic mass is 9.70. The number of ketones is 2. The van der Waals surface area contributed by atoms with E-state index in [1.54, 1.807) is 6.92 Å². The molecule has 5 nitrogen and oxygen atoms in total. The fourth-order valence-corrected chi connectivity index (χ4v) is 10.2. The van der Waals surface area contributed by atoms with Crippen LogP contribution in [-0.4, -0.2) is 58.6 Å². The van der Waals surface area contributed by atoms with Gasteiger partial charge >= 0.3 is 0 Å². The van der Waals surface area contributed by atoms with Crippen molar-refractivity contribution in [2.24, 2.45) is 22.2 Å². The van der Waals surface area contributed by atoms with Crippen molar-refractivity contribution in [3.63, 3.8) is 0 Å². The van der Waals surface area contributed by atoms with Crippen molar-refractivity contribution >= 4 is 44.3 Å². The molecule has 3 rings (SSSR count). The van der Waals surface area contributed by atoms with Crippen molar-refractivity contribution in [3.05, 3.63) is 0 Å². The number of thioether (sulfide) groups is 1. The largest absolute Gasteiger partial charge is 0.747 e. The Kier molecular flexibility index (Phi) is 7.12. The van der Waals surface area contributed by atoms with Gasteiger partial charge in [0.25, 0.3) is 0 Å². The van der Waals surface area contributed by atoms with E-state index in [2.05, 4.69) is 0 Å². The van der Waals surface area contributed by atoms with E-state index in [-0.39, 0.29) is 22.5 Å². The summed E-state index contributed by atoms with van der Waals surface area (Å²) in [6.45, 7) is 11.7. The quantitative estimate of drug-likeness (QED) is 0.485. The number of carbonyl (C=O) groups excluding carboxylic acids is 2. The Hall–Kier alpha value is -0.0500. The van der Waals surface area contributed by atoms with Gasteiger partial charge in [0.1, 0.15) is 26.9 Å². The van der Waals surface area contributed by atoms with Gasteiger partial charge in [0.2, 0.25) is 0 Å². The Morgan fingerprint density at radius 2 is 1.75 bits per heavy atom. The Labute approximate surface area is 177 Å². The maximum atomic E-state index is 12.0. The van der Waals surface area contributed by atoms with Gasteiger partial charge in [0.05, 0.1) is 0 Å². The molecule has 2 bridgehead atoms. The molecule has 1 aliphatic heterocycles. The third-order valence-corrected chi connectivity index (χ3v) is 11.9. The minimum absolute atomic E-state index is 0.127. The zero-order valence-corrected chi connectivity index (χ0v) is 20.3. The Balaban J connectivity index is 0.000000203. The van der Waals surface area contributed by atoms with E-state index >= 15 is 0 Å². The highest BCUT2D eigenvalue weighted by Gasteiger charge is 2.67. The molecule has 3 fully saturated rings. The van der Waals surface area contributed by atoms with E-state index in [9.17, 15) is 22.6 Å². The molecule has 3 aliphatic rings. The molecule has 162 valence electrons. The van der Waals surface area contributed by atoms with Gasteiger partial charge in [-0.2, -0.15) is 11.8 Å². The van der Waals surface area contributed by atoms with E-state index in [4.69, 9.17) is 0 Å². The second-order valence-corrected chi connectivity index (χ2v) is 15.0. The van der Waals surface area contributed by atoms with Gasteiger partial charge in [-0.05, 0) is 35.1 Å². The number of Topliss-reactive ketones (excluding diaryl/α,β-unsaturated/α-hetero) is 2. The molecule has 0 amide bonds. The van der Waals surface area contributed by atoms with Crippen molar-refractivity contribution in [1.29, 1.82) is 0 Å². The molecule has 0 N–H and O–H groups in total. The van der Waals surface area contributed by atoms with Crippen LogP contribution < -0.4 is 0 Å². The standard InChI is InChI=1S/C10H16O4S.C10H19OS2/c1-9(2)6-4-5-10(9,3)8(11)7(6)15(12,13)14;1-10(2,3)9(11)8-13-6-4-12-5-7-13/h6-7H,4-5H2,1-3H3,(H,12,13,14);4-8H2,1-3H3/q;+1/p-1. The van der Waals surface area contributed by atoms with Crippen LogP contribution in [0.25, 0.3) is 0 Å². The average molecular weight is 451 g/mol. The van der Waals surface area contributed by atoms with Gasteiger partial charge in [0.15, 0.2) is 17.3 Å². The zero-order chi connectivity index (χ0) is 21.5. The van der Waals surface area contributed by atoms with E-state index in [0.29, 0.717) is 29.5 Å². The van der Waals surface area contributed by atoms with Crippen LogP contribution >= 0.6 is 11.8 Å². The summed E-state index contributed by atoms with van der Waals surface area (Å²) in [6, 6.07) is 0. The van der Waals surface area contributed by atoms with Gasteiger partial charge < -0.3 is 4.55 Å². The Morgan fingerprint density at radius 3 is 2.11 bits per heavy atom. The molecule has 8 heteroatoms. The van der Waals surface area contributed by atoms with Crippen LogP contribution in [0.5, 0.6) is 0 Å². The van der Waals surface area contributed by atoms with Crippen molar-refractivity contribution < 1.29 is 22.6 Å². The summed E-state index contributed by atoms with van der Waals surface area (Å²) in [5, 5.41) is -1.30. The number of hydrogen-bond acceptors (Lipinski definition) is 6. The number of carbonyl (C=O) groups is 2. The fraction of sp³-hybridized carbons (Fsp3) is 0.900. The van der Waals surface area contributed by atoms with Crippen LogP contribution in [0.3, 0.4) is 0 Å². The highest BCUT2D eigenvalue weighted by Crippen LogP contribution is 2.64. The molecular formula is C20H34O5S3. The second kappa shape index (κ2) is 8.23. The molecule has 2 aliphatic carbocycles. The van der Waals surface area contributed by atoms with Gasteiger partial charge in [-0.1, -0.05) is 41.5 Å². The molecule has 3 unspecified atom stereocenters. The molecule has 1 heterocycles. The summed E-state index contributed by atoms with van der Waals surface area (Å²) in [5.74, 6) is 5.70. The number of fused-ring (bicyclic) bond motifs is 2. The molecule has 1 saturated heterocycles. The topological polar surface area (TPSA) is 91.3 Å². The van der Waals surface area contributed by atoms with E-state index in [0.717, 1.165) is 5.75 Å². The SMILES string of the molecule is CC(C)(C)C(=O)C[S+]1CCSCC1.CC12CCC(C(S(=O)(=O)[O-])C1=O)C2(C)C. The Bertz CT molecular complexity index is 717. The lowest BCUT2D eigenvalue weighted by Crippen LogP contribution is -2.38. The van der Waals surface area contributed by atoms with Gasteiger partial charge in [-0.3, -0.25) is 9.59 Å². The molecule has 3 atom stereocenters. The Morgan fingerprint density at radius 1 is 1.21 bits per heavy atom. The van der Waals surface area contributed by atoms with E-state index in [1.807, 2.05) is 46.4 Å². The summed E-state index contributed by atoms with van der Waals surface area (Å²) >= 11 is 2.03. The minimum Gasteiger partial charge on any atom is -0.747 e. The average Bonchev–Trinajstić information content (AvgIpc) is 2.87. The van der Waals surface area contributed by atoms with Crippen molar-refractivity contribution in [2.45, 2.75) is 59.6 Å². The molecule has 2 saturated carbocycles. The summed E-state index contributed by atoms with van der Waals surface area (Å²) in [6.07, 6.45) is 1.37. The normalized spacial score (nSPS) is 32.8. The van der Waals surface area contributed by atoms with Crippen LogP contribution in [0.2, 0.25) is 0 Å². The molecule has 0 aromatic rings. The summed E-state index contributed by atoms with van der Waals surface area (Å²) < 4.78 is 33.3. The zero-order valence-electron chi connectivity index (χ0n) is 17.9.